The lowest BCUT2D eigenvalue weighted by Gasteiger charge is -2.29. The van der Waals surface area contributed by atoms with Gasteiger partial charge in [-0.1, -0.05) is 30.3 Å². The number of para-hydroxylation sites is 1. The first-order valence-corrected chi connectivity index (χ1v) is 11.6. The molecule has 0 saturated carbocycles. The number of amides is 1. The van der Waals surface area contributed by atoms with Crippen molar-refractivity contribution in [3.63, 3.8) is 0 Å². The van der Waals surface area contributed by atoms with Gasteiger partial charge in [-0.3, -0.25) is 4.90 Å². The van der Waals surface area contributed by atoms with E-state index in [-0.39, 0.29) is 13.0 Å². The first-order valence-electron chi connectivity index (χ1n) is 11.6. The first-order chi connectivity index (χ1) is 17.0. The summed E-state index contributed by atoms with van der Waals surface area (Å²) in [6, 6.07) is 14.1. The van der Waals surface area contributed by atoms with E-state index in [9.17, 15) is 14.4 Å². The molecule has 0 radical (unpaired) electrons. The standard InChI is InChI=1S/C26H33N3O7/c1-25(2,3)36-23(31)26(28,22(30)33-4)13-17-9-11-19(12-10-17)34-16-20-15-29(24(32)35-20)21-8-6-5-7-18(21)14-27/h5-12,20H,13-16,27-28H2,1-4H3. The number of carbonyl (C=O) groups excluding carboxylic acids is 3. The molecule has 1 fully saturated rings. The fourth-order valence-corrected chi connectivity index (χ4v) is 3.75. The summed E-state index contributed by atoms with van der Waals surface area (Å²) in [6.07, 6.45) is -1.04. The highest BCUT2D eigenvalue weighted by Gasteiger charge is 2.46. The molecule has 1 aliphatic rings. The number of nitrogens with zero attached hydrogens (tertiary/aromatic N) is 1. The van der Waals surface area contributed by atoms with Gasteiger partial charge in [0.05, 0.1) is 19.3 Å². The average molecular weight is 500 g/mol. The third-order valence-electron chi connectivity index (χ3n) is 5.53. The van der Waals surface area contributed by atoms with Crippen LogP contribution in [0.2, 0.25) is 0 Å². The molecule has 1 aliphatic heterocycles. The van der Waals surface area contributed by atoms with Gasteiger partial charge in [0.15, 0.2) is 6.10 Å². The Hall–Kier alpha value is -3.63. The van der Waals surface area contributed by atoms with E-state index in [0.29, 0.717) is 24.4 Å². The number of carbonyl (C=O) groups is 3. The van der Waals surface area contributed by atoms with Gasteiger partial charge in [-0.05, 0) is 50.1 Å². The molecule has 2 atom stereocenters. The smallest absolute Gasteiger partial charge is 0.414 e. The van der Waals surface area contributed by atoms with E-state index in [1.807, 2.05) is 24.3 Å². The molecule has 0 spiro atoms. The van der Waals surface area contributed by atoms with Crippen LogP contribution in [0.5, 0.6) is 5.75 Å². The second-order valence-electron chi connectivity index (χ2n) is 9.55. The van der Waals surface area contributed by atoms with Crippen LogP contribution in [0.25, 0.3) is 0 Å². The van der Waals surface area contributed by atoms with Gasteiger partial charge in [-0.2, -0.15) is 0 Å². The van der Waals surface area contributed by atoms with Crippen LogP contribution in [0, 0.1) is 0 Å². The lowest BCUT2D eigenvalue weighted by atomic mass is 9.91. The van der Waals surface area contributed by atoms with Crippen LogP contribution in [0.4, 0.5) is 10.5 Å². The number of esters is 2. The Morgan fingerprint density at radius 3 is 2.36 bits per heavy atom. The molecule has 2 unspecified atom stereocenters. The van der Waals surface area contributed by atoms with Crippen molar-refractivity contribution in [3.8, 4) is 5.75 Å². The molecular weight excluding hydrogens is 466 g/mol. The predicted molar refractivity (Wildman–Crippen MR) is 132 cm³/mol. The maximum Gasteiger partial charge on any atom is 0.414 e. The Morgan fingerprint density at radius 2 is 1.75 bits per heavy atom. The molecule has 4 N–H and O–H groups in total. The van der Waals surface area contributed by atoms with E-state index in [0.717, 1.165) is 18.4 Å². The van der Waals surface area contributed by atoms with E-state index in [1.54, 1.807) is 49.9 Å². The maximum atomic E-state index is 12.7. The summed E-state index contributed by atoms with van der Waals surface area (Å²) in [5.74, 6) is -1.24. The van der Waals surface area contributed by atoms with Crippen LogP contribution >= 0.6 is 0 Å². The Morgan fingerprint density at radius 1 is 1.08 bits per heavy atom. The van der Waals surface area contributed by atoms with Crippen molar-refractivity contribution in [3.05, 3.63) is 59.7 Å². The second-order valence-corrected chi connectivity index (χ2v) is 9.55. The maximum absolute atomic E-state index is 12.7. The summed E-state index contributed by atoms with van der Waals surface area (Å²) in [7, 11) is 1.16. The number of nitrogens with two attached hydrogens (primary N) is 2. The summed E-state index contributed by atoms with van der Waals surface area (Å²) in [4.78, 5) is 39.0. The Kier molecular flexibility index (Phi) is 8.21. The van der Waals surface area contributed by atoms with Crippen molar-refractivity contribution in [2.75, 3.05) is 25.2 Å². The van der Waals surface area contributed by atoms with Gasteiger partial charge < -0.3 is 30.4 Å². The highest BCUT2D eigenvalue weighted by molar-refractivity contribution is 6.05. The topological polar surface area (TPSA) is 143 Å². The van der Waals surface area contributed by atoms with E-state index in [4.69, 9.17) is 30.4 Å². The number of ether oxygens (including phenoxy) is 4. The monoisotopic (exact) mass is 499 g/mol. The highest BCUT2D eigenvalue weighted by Crippen LogP contribution is 2.26. The van der Waals surface area contributed by atoms with Crippen LogP contribution < -0.4 is 21.1 Å². The number of hydrogen-bond acceptors (Lipinski definition) is 9. The Balaban J connectivity index is 1.62. The molecule has 10 nitrogen and oxygen atoms in total. The van der Waals surface area contributed by atoms with Crippen LogP contribution in [0.1, 0.15) is 31.9 Å². The summed E-state index contributed by atoms with van der Waals surface area (Å²) >= 11 is 0. The lowest BCUT2D eigenvalue weighted by molar-refractivity contribution is -0.170. The zero-order chi connectivity index (χ0) is 26.5. The summed E-state index contributed by atoms with van der Waals surface area (Å²) < 4.78 is 21.4. The molecule has 1 heterocycles. The van der Waals surface area contributed by atoms with E-state index >= 15 is 0 Å². The molecule has 36 heavy (non-hydrogen) atoms. The zero-order valence-electron chi connectivity index (χ0n) is 21.0. The number of benzene rings is 2. The molecular formula is C26H33N3O7. The van der Waals surface area contributed by atoms with Crippen molar-refractivity contribution >= 4 is 23.7 Å². The first kappa shape index (κ1) is 27.0. The van der Waals surface area contributed by atoms with Crippen LogP contribution in [-0.2, 0) is 36.8 Å². The number of anilines is 1. The molecule has 0 aliphatic carbocycles. The minimum absolute atomic E-state index is 0.120. The van der Waals surface area contributed by atoms with Crippen molar-refractivity contribution in [1.82, 2.24) is 0 Å². The minimum atomic E-state index is -1.99. The molecule has 1 amide bonds. The van der Waals surface area contributed by atoms with Gasteiger partial charge >= 0.3 is 18.0 Å². The average Bonchev–Trinajstić information content (AvgIpc) is 3.21. The molecule has 1 saturated heterocycles. The quantitative estimate of drug-likeness (QED) is 0.302. The van der Waals surface area contributed by atoms with Crippen molar-refractivity contribution in [2.24, 2.45) is 11.5 Å². The van der Waals surface area contributed by atoms with Gasteiger partial charge in [0, 0.05) is 13.0 Å². The van der Waals surface area contributed by atoms with Crippen LogP contribution in [0.3, 0.4) is 0 Å². The zero-order valence-corrected chi connectivity index (χ0v) is 21.0. The number of cyclic esters (lactones) is 1. The van der Waals surface area contributed by atoms with Gasteiger partial charge in [0.2, 0.25) is 5.54 Å². The third kappa shape index (κ3) is 6.32. The SMILES string of the molecule is COC(=O)C(N)(Cc1ccc(OCC2CN(c3ccccc3CN)C(=O)O2)cc1)C(=O)OC(C)(C)C. The van der Waals surface area contributed by atoms with E-state index in [2.05, 4.69) is 0 Å². The minimum Gasteiger partial charge on any atom is -0.490 e. The molecule has 2 aromatic rings. The third-order valence-corrected chi connectivity index (χ3v) is 5.53. The van der Waals surface area contributed by atoms with E-state index < -0.39 is 35.3 Å². The van der Waals surface area contributed by atoms with Crippen molar-refractivity contribution in [2.45, 2.75) is 51.0 Å². The van der Waals surface area contributed by atoms with Gasteiger partial charge in [-0.25, -0.2) is 14.4 Å². The van der Waals surface area contributed by atoms with Gasteiger partial charge in [0.1, 0.15) is 18.0 Å². The lowest BCUT2D eigenvalue weighted by Crippen LogP contribution is -2.59. The fourth-order valence-electron chi connectivity index (χ4n) is 3.75. The van der Waals surface area contributed by atoms with Gasteiger partial charge in [-0.15, -0.1) is 0 Å². The van der Waals surface area contributed by atoms with Gasteiger partial charge in [0.25, 0.3) is 0 Å². The highest BCUT2D eigenvalue weighted by atomic mass is 16.6. The molecule has 0 bridgehead atoms. The van der Waals surface area contributed by atoms with Crippen molar-refractivity contribution < 1.29 is 33.3 Å². The summed E-state index contributed by atoms with van der Waals surface area (Å²) in [5, 5.41) is 0. The van der Waals surface area contributed by atoms with Crippen LogP contribution in [-0.4, -0.2) is 55.5 Å². The molecule has 2 aromatic carbocycles. The Bertz CT molecular complexity index is 1100. The molecule has 3 rings (SSSR count). The van der Waals surface area contributed by atoms with Crippen LogP contribution in [0.15, 0.2) is 48.5 Å². The normalized spacial score (nSPS) is 17.2. The largest absolute Gasteiger partial charge is 0.490 e. The number of hydrogen-bond donors (Lipinski definition) is 2. The second kappa shape index (κ2) is 11.0. The number of rotatable bonds is 9. The Labute approximate surface area is 210 Å². The van der Waals surface area contributed by atoms with E-state index in [1.165, 1.54) is 0 Å². The molecule has 0 aromatic heterocycles. The van der Waals surface area contributed by atoms with Crippen molar-refractivity contribution in [1.29, 1.82) is 0 Å². The molecule has 194 valence electrons. The summed E-state index contributed by atoms with van der Waals surface area (Å²) in [6.45, 7) is 5.85. The number of methoxy groups -OCH3 is 1. The fraction of sp³-hybridized carbons (Fsp3) is 0.423. The molecule has 10 heteroatoms. The summed E-state index contributed by atoms with van der Waals surface area (Å²) in [5.41, 5.74) is 11.3. The predicted octanol–water partition coefficient (Wildman–Crippen LogP) is 2.30.